The zero-order valence-corrected chi connectivity index (χ0v) is 17.6. The molecule has 0 aliphatic carbocycles. The highest BCUT2D eigenvalue weighted by Crippen LogP contribution is 2.21. The van der Waals surface area contributed by atoms with E-state index in [-0.39, 0.29) is 29.6 Å². The van der Waals surface area contributed by atoms with Crippen LogP contribution in [-0.2, 0) is 14.8 Å². The van der Waals surface area contributed by atoms with Gasteiger partial charge in [0.05, 0.1) is 4.90 Å². The standard InChI is InChI=1S/C21H26N2O5S/c1-15-4-9-20(14-16(15)2)29(26,27)23-12-10-22(11-13-23)21(25)17(3)28-19-7-5-18(24)6-8-19/h4-9,14,17,24H,10-13H2,1-3H3. The maximum atomic E-state index is 12.9. The lowest BCUT2D eigenvalue weighted by molar-refractivity contribution is -0.139. The van der Waals surface area contributed by atoms with Gasteiger partial charge in [0, 0.05) is 26.2 Å². The summed E-state index contributed by atoms with van der Waals surface area (Å²) in [6.07, 6.45) is -0.706. The van der Waals surface area contributed by atoms with Crippen molar-refractivity contribution in [2.45, 2.75) is 31.8 Å². The van der Waals surface area contributed by atoms with Gasteiger partial charge in [-0.15, -0.1) is 0 Å². The van der Waals surface area contributed by atoms with E-state index in [1.807, 2.05) is 19.9 Å². The molecule has 0 aromatic heterocycles. The first-order valence-electron chi connectivity index (χ1n) is 9.50. The molecule has 1 heterocycles. The Labute approximate surface area is 171 Å². The topological polar surface area (TPSA) is 87.2 Å². The van der Waals surface area contributed by atoms with Crippen molar-refractivity contribution in [3.05, 3.63) is 53.6 Å². The minimum Gasteiger partial charge on any atom is -0.508 e. The van der Waals surface area contributed by atoms with Crippen LogP contribution in [0.15, 0.2) is 47.4 Å². The van der Waals surface area contributed by atoms with Gasteiger partial charge in [-0.1, -0.05) is 6.07 Å². The summed E-state index contributed by atoms with van der Waals surface area (Å²) in [5, 5.41) is 9.32. The highest BCUT2D eigenvalue weighted by Gasteiger charge is 2.32. The summed E-state index contributed by atoms with van der Waals surface area (Å²) in [5.41, 5.74) is 1.97. The smallest absolute Gasteiger partial charge is 0.263 e. The van der Waals surface area contributed by atoms with E-state index in [1.165, 1.54) is 16.4 Å². The van der Waals surface area contributed by atoms with Crippen LogP contribution in [0.3, 0.4) is 0 Å². The number of piperazine rings is 1. The normalized spacial score (nSPS) is 16.4. The van der Waals surface area contributed by atoms with Crippen LogP contribution >= 0.6 is 0 Å². The van der Waals surface area contributed by atoms with Gasteiger partial charge in [0.1, 0.15) is 11.5 Å². The van der Waals surface area contributed by atoms with Gasteiger partial charge in [0.2, 0.25) is 10.0 Å². The monoisotopic (exact) mass is 418 g/mol. The number of aryl methyl sites for hydroxylation is 2. The van der Waals surface area contributed by atoms with E-state index in [9.17, 15) is 18.3 Å². The number of ether oxygens (including phenoxy) is 1. The molecule has 1 amide bonds. The molecular formula is C21H26N2O5S. The van der Waals surface area contributed by atoms with Crippen molar-refractivity contribution >= 4 is 15.9 Å². The summed E-state index contributed by atoms with van der Waals surface area (Å²) in [4.78, 5) is 14.6. The molecule has 7 nitrogen and oxygen atoms in total. The highest BCUT2D eigenvalue weighted by molar-refractivity contribution is 7.89. The molecule has 1 fully saturated rings. The lowest BCUT2D eigenvalue weighted by atomic mass is 10.1. The van der Waals surface area contributed by atoms with Crippen LogP contribution in [0, 0.1) is 13.8 Å². The number of nitrogens with zero attached hydrogens (tertiary/aromatic N) is 2. The Morgan fingerprint density at radius 3 is 2.21 bits per heavy atom. The molecular weight excluding hydrogens is 392 g/mol. The number of hydrogen-bond donors (Lipinski definition) is 1. The predicted octanol–water partition coefficient (Wildman–Crippen LogP) is 2.31. The number of amides is 1. The second kappa shape index (κ2) is 8.42. The van der Waals surface area contributed by atoms with Crippen LogP contribution in [0.4, 0.5) is 0 Å². The summed E-state index contributed by atoms with van der Waals surface area (Å²) in [5.74, 6) is 0.415. The molecule has 156 valence electrons. The number of carbonyl (C=O) groups excluding carboxylic acids is 1. The molecule has 1 saturated heterocycles. The minimum absolute atomic E-state index is 0.123. The summed E-state index contributed by atoms with van der Waals surface area (Å²) >= 11 is 0. The molecule has 2 aromatic rings. The van der Waals surface area contributed by atoms with E-state index in [1.54, 1.807) is 36.1 Å². The molecule has 2 aromatic carbocycles. The molecule has 1 aliphatic heterocycles. The van der Waals surface area contributed by atoms with E-state index in [4.69, 9.17) is 4.74 Å². The van der Waals surface area contributed by atoms with E-state index in [0.717, 1.165) is 11.1 Å². The van der Waals surface area contributed by atoms with Crippen LogP contribution in [-0.4, -0.2) is 60.9 Å². The molecule has 1 atom stereocenters. The second-order valence-corrected chi connectivity index (χ2v) is 9.17. The average molecular weight is 419 g/mol. The van der Waals surface area contributed by atoms with E-state index in [0.29, 0.717) is 18.8 Å². The Morgan fingerprint density at radius 1 is 1.00 bits per heavy atom. The maximum absolute atomic E-state index is 12.9. The predicted molar refractivity (Wildman–Crippen MR) is 109 cm³/mol. The molecule has 1 aliphatic rings. The summed E-state index contributed by atoms with van der Waals surface area (Å²) < 4.78 is 32.9. The van der Waals surface area contributed by atoms with Gasteiger partial charge in [-0.25, -0.2) is 8.42 Å². The number of aromatic hydroxyl groups is 1. The van der Waals surface area contributed by atoms with Crippen molar-refractivity contribution in [1.82, 2.24) is 9.21 Å². The first kappa shape index (κ1) is 21.1. The van der Waals surface area contributed by atoms with Crippen molar-refractivity contribution in [2.75, 3.05) is 26.2 Å². The van der Waals surface area contributed by atoms with Gasteiger partial charge in [0.25, 0.3) is 5.91 Å². The zero-order chi connectivity index (χ0) is 21.2. The largest absolute Gasteiger partial charge is 0.508 e. The molecule has 0 radical (unpaired) electrons. The van der Waals surface area contributed by atoms with Gasteiger partial charge in [-0.05, 0) is 68.3 Å². The van der Waals surface area contributed by atoms with Crippen molar-refractivity contribution in [3.63, 3.8) is 0 Å². The first-order valence-corrected chi connectivity index (χ1v) is 10.9. The summed E-state index contributed by atoms with van der Waals surface area (Å²) in [7, 11) is -3.58. The number of rotatable bonds is 5. The second-order valence-electron chi connectivity index (χ2n) is 7.23. The van der Waals surface area contributed by atoms with Gasteiger partial charge in [-0.3, -0.25) is 4.79 Å². The number of phenolic OH excluding ortho intramolecular Hbond substituents is 1. The molecule has 29 heavy (non-hydrogen) atoms. The Morgan fingerprint density at radius 2 is 1.62 bits per heavy atom. The van der Waals surface area contributed by atoms with Crippen LogP contribution in [0.5, 0.6) is 11.5 Å². The summed E-state index contributed by atoms with van der Waals surface area (Å²) in [6, 6.07) is 11.3. The van der Waals surface area contributed by atoms with E-state index >= 15 is 0 Å². The fourth-order valence-electron chi connectivity index (χ4n) is 3.21. The Hall–Kier alpha value is -2.58. The van der Waals surface area contributed by atoms with Crippen molar-refractivity contribution in [1.29, 1.82) is 0 Å². The molecule has 1 unspecified atom stereocenters. The number of carbonyl (C=O) groups is 1. The molecule has 0 saturated carbocycles. The molecule has 1 N–H and O–H groups in total. The van der Waals surface area contributed by atoms with Crippen LogP contribution in [0.2, 0.25) is 0 Å². The Kier molecular flexibility index (Phi) is 6.14. The SMILES string of the molecule is Cc1ccc(S(=O)(=O)N2CCN(C(=O)C(C)Oc3ccc(O)cc3)CC2)cc1C. The lowest BCUT2D eigenvalue weighted by Gasteiger charge is -2.35. The van der Waals surface area contributed by atoms with Gasteiger partial charge in [-0.2, -0.15) is 4.31 Å². The van der Waals surface area contributed by atoms with Crippen molar-refractivity contribution < 1.29 is 23.1 Å². The van der Waals surface area contributed by atoms with Crippen LogP contribution in [0.25, 0.3) is 0 Å². The fraction of sp³-hybridized carbons (Fsp3) is 0.381. The average Bonchev–Trinajstić information content (AvgIpc) is 2.71. The maximum Gasteiger partial charge on any atom is 0.263 e. The van der Waals surface area contributed by atoms with E-state index < -0.39 is 16.1 Å². The first-order chi connectivity index (χ1) is 13.7. The minimum atomic E-state index is -3.58. The highest BCUT2D eigenvalue weighted by atomic mass is 32.2. The van der Waals surface area contributed by atoms with Crippen LogP contribution in [0.1, 0.15) is 18.1 Å². The number of benzene rings is 2. The summed E-state index contributed by atoms with van der Waals surface area (Å²) in [6.45, 7) is 6.60. The van der Waals surface area contributed by atoms with E-state index in [2.05, 4.69) is 0 Å². The number of phenols is 1. The third-order valence-corrected chi connectivity index (χ3v) is 7.06. The third-order valence-electron chi connectivity index (χ3n) is 5.16. The Balaban J connectivity index is 1.61. The third kappa shape index (κ3) is 4.71. The Bertz CT molecular complexity index is 981. The fourth-order valence-corrected chi connectivity index (χ4v) is 4.72. The number of hydrogen-bond acceptors (Lipinski definition) is 5. The van der Waals surface area contributed by atoms with Gasteiger partial charge >= 0.3 is 0 Å². The zero-order valence-electron chi connectivity index (χ0n) is 16.8. The quantitative estimate of drug-likeness (QED) is 0.805. The molecule has 3 rings (SSSR count). The molecule has 0 bridgehead atoms. The van der Waals surface area contributed by atoms with Crippen molar-refractivity contribution in [3.8, 4) is 11.5 Å². The lowest BCUT2D eigenvalue weighted by Crippen LogP contribution is -2.53. The van der Waals surface area contributed by atoms with Gasteiger partial charge < -0.3 is 14.7 Å². The molecule has 0 spiro atoms. The molecule has 8 heteroatoms. The van der Waals surface area contributed by atoms with Gasteiger partial charge in [0.15, 0.2) is 6.10 Å². The number of sulfonamides is 1. The van der Waals surface area contributed by atoms with Crippen molar-refractivity contribution in [2.24, 2.45) is 0 Å². The van der Waals surface area contributed by atoms with Crippen LogP contribution < -0.4 is 4.74 Å².